The number of carboxylic acid groups (broad SMARTS) is 1. The maximum absolute atomic E-state index is 12.0. The van der Waals surface area contributed by atoms with Crippen LogP contribution in [-0.2, 0) is 9.59 Å². The third-order valence-electron chi connectivity index (χ3n) is 3.96. The van der Waals surface area contributed by atoms with E-state index in [1.165, 1.54) is 4.90 Å². The Kier molecular flexibility index (Phi) is 7.98. The van der Waals surface area contributed by atoms with Gasteiger partial charge in [0.25, 0.3) is 0 Å². The summed E-state index contributed by atoms with van der Waals surface area (Å²) >= 11 is 0. The number of amides is 1. The minimum atomic E-state index is -1.70. The first kappa shape index (κ1) is 20.3. The van der Waals surface area contributed by atoms with Crippen molar-refractivity contribution >= 4 is 20.0 Å². The summed E-state index contributed by atoms with van der Waals surface area (Å²) in [6.45, 7) is 11.5. The van der Waals surface area contributed by atoms with Crippen LogP contribution in [0.2, 0.25) is 18.1 Å². The van der Waals surface area contributed by atoms with Crippen molar-refractivity contribution in [2.24, 2.45) is 0 Å². The first-order chi connectivity index (χ1) is 10.0. The van der Waals surface area contributed by atoms with Crippen molar-refractivity contribution in [1.29, 1.82) is 0 Å². The first-order valence-corrected chi connectivity index (χ1v) is 10.4. The molecule has 0 aliphatic rings. The molecule has 1 N–H and O–H groups in total. The highest BCUT2D eigenvalue weighted by atomic mass is 28.3. The molecule has 0 radical (unpaired) electrons. The van der Waals surface area contributed by atoms with Gasteiger partial charge in [0, 0.05) is 12.8 Å². The van der Waals surface area contributed by atoms with Gasteiger partial charge in [-0.3, -0.25) is 9.59 Å². The molecule has 0 aliphatic heterocycles. The third-order valence-corrected chi connectivity index (χ3v) is 8.51. The van der Waals surface area contributed by atoms with E-state index < -0.39 is 14.0 Å². The maximum atomic E-state index is 12.0. The second-order valence-corrected chi connectivity index (χ2v) is 11.9. The van der Waals surface area contributed by atoms with E-state index in [-0.39, 0.29) is 30.3 Å². The lowest BCUT2D eigenvalue weighted by molar-refractivity contribution is -0.137. The Hall–Kier alpha value is -1.72. The number of carbonyl (C=O) groups excluding carboxylic acids is 1. The van der Waals surface area contributed by atoms with Gasteiger partial charge in [-0.05, 0) is 11.5 Å². The van der Waals surface area contributed by atoms with E-state index in [1.807, 2.05) is 0 Å². The largest absolute Gasteiger partial charge is 0.481 e. The van der Waals surface area contributed by atoms with Gasteiger partial charge in [0.15, 0.2) is 0 Å². The van der Waals surface area contributed by atoms with Crippen molar-refractivity contribution in [3.05, 3.63) is 0 Å². The van der Waals surface area contributed by atoms with Gasteiger partial charge in [0.2, 0.25) is 5.91 Å². The molecule has 0 aromatic rings. The van der Waals surface area contributed by atoms with E-state index in [0.29, 0.717) is 13.0 Å². The molecular formula is C17H27NO3Si. The van der Waals surface area contributed by atoms with Crippen molar-refractivity contribution in [3.8, 4) is 23.8 Å². The van der Waals surface area contributed by atoms with E-state index in [1.54, 1.807) is 0 Å². The van der Waals surface area contributed by atoms with Crippen LogP contribution in [0, 0.1) is 23.8 Å². The van der Waals surface area contributed by atoms with Crippen LogP contribution < -0.4 is 0 Å². The van der Waals surface area contributed by atoms with Crippen LogP contribution in [0.4, 0.5) is 0 Å². The lowest BCUT2D eigenvalue weighted by atomic mass is 10.2. The number of carboxylic acids is 1. The Morgan fingerprint density at radius 2 is 1.77 bits per heavy atom. The van der Waals surface area contributed by atoms with E-state index in [9.17, 15) is 9.59 Å². The van der Waals surface area contributed by atoms with Gasteiger partial charge in [-0.1, -0.05) is 45.7 Å². The van der Waals surface area contributed by atoms with E-state index in [4.69, 9.17) is 11.5 Å². The van der Waals surface area contributed by atoms with Gasteiger partial charge in [-0.2, -0.15) is 0 Å². The zero-order valence-electron chi connectivity index (χ0n) is 14.3. The molecule has 0 spiro atoms. The quantitative estimate of drug-likeness (QED) is 0.604. The molecule has 0 aromatic heterocycles. The highest BCUT2D eigenvalue weighted by molar-refractivity contribution is 6.87. The monoisotopic (exact) mass is 321 g/mol. The van der Waals surface area contributed by atoms with Gasteiger partial charge >= 0.3 is 5.97 Å². The molecule has 0 rings (SSSR count). The lowest BCUT2D eigenvalue weighted by Gasteiger charge is -2.31. The molecule has 122 valence electrons. The molecule has 0 saturated heterocycles. The molecule has 0 aliphatic carbocycles. The first-order valence-electron chi connectivity index (χ1n) is 7.44. The minimum absolute atomic E-state index is 0.00865. The van der Waals surface area contributed by atoms with Crippen molar-refractivity contribution in [2.75, 3.05) is 13.1 Å². The molecule has 0 bridgehead atoms. The van der Waals surface area contributed by atoms with Crippen LogP contribution in [-0.4, -0.2) is 43.0 Å². The molecule has 0 heterocycles. The number of aliphatic carboxylic acids is 1. The minimum Gasteiger partial charge on any atom is -0.481 e. The summed E-state index contributed by atoms with van der Waals surface area (Å²) in [5.41, 5.74) is 3.35. The fourth-order valence-electron chi connectivity index (χ4n) is 1.43. The number of nitrogens with zero attached hydrogens (tertiary/aromatic N) is 1. The number of hydrogen-bond donors (Lipinski definition) is 1. The number of hydrogen-bond acceptors (Lipinski definition) is 2. The van der Waals surface area contributed by atoms with Crippen LogP contribution in [0.25, 0.3) is 0 Å². The summed E-state index contributed by atoms with van der Waals surface area (Å²) in [6, 6.07) is 0. The summed E-state index contributed by atoms with van der Waals surface area (Å²) in [7, 11) is -1.70. The molecule has 5 heteroatoms. The Morgan fingerprint density at radius 1 is 1.18 bits per heavy atom. The van der Waals surface area contributed by atoms with Crippen molar-refractivity contribution in [2.45, 2.75) is 58.2 Å². The Morgan fingerprint density at radius 3 is 2.23 bits per heavy atom. The highest BCUT2D eigenvalue weighted by Crippen LogP contribution is 2.35. The summed E-state index contributed by atoms with van der Waals surface area (Å²) in [6.07, 6.45) is 5.80. The van der Waals surface area contributed by atoms with Gasteiger partial charge in [0.1, 0.15) is 8.07 Å². The molecule has 0 unspecified atom stereocenters. The SMILES string of the molecule is C#CCN(CC#C[Si](C)(C)C(C)(C)C)C(=O)CCCC(=O)O. The molecular weight excluding hydrogens is 294 g/mol. The third kappa shape index (κ3) is 7.33. The zero-order valence-corrected chi connectivity index (χ0v) is 15.3. The van der Waals surface area contributed by atoms with Gasteiger partial charge in [0.05, 0.1) is 13.1 Å². The van der Waals surface area contributed by atoms with Crippen molar-refractivity contribution in [1.82, 2.24) is 4.90 Å². The molecule has 22 heavy (non-hydrogen) atoms. The van der Waals surface area contributed by atoms with Crippen molar-refractivity contribution in [3.63, 3.8) is 0 Å². The molecule has 0 atom stereocenters. The average molecular weight is 321 g/mol. The van der Waals surface area contributed by atoms with E-state index in [0.717, 1.165) is 0 Å². The van der Waals surface area contributed by atoms with Crippen LogP contribution in [0.3, 0.4) is 0 Å². The normalized spacial score (nSPS) is 11.1. The summed E-state index contributed by atoms with van der Waals surface area (Å²) in [4.78, 5) is 24.0. The Bertz CT molecular complexity index is 501. The molecule has 0 aromatic carbocycles. The van der Waals surface area contributed by atoms with Crippen LogP contribution in [0.1, 0.15) is 40.0 Å². The smallest absolute Gasteiger partial charge is 0.303 e. The number of terminal acetylenes is 1. The number of rotatable bonds is 6. The van der Waals surface area contributed by atoms with Crippen LogP contribution >= 0.6 is 0 Å². The summed E-state index contributed by atoms with van der Waals surface area (Å²) in [5, 5.41) is 8.77. The lowest BCUT2D eigenvalue weighted by Crippen LogP contribution is -2.36. The predicted octanol–water partition coefficient (Wildman–Crippen LogP) is 2.75. The standard InChI is InChI=1S/C17H27NO3Si/c1-7-12-18(15(19)10-8-11-16(20)21)13-9-14-22(5,6)17(2,3)4/h1H,8,10-13H2,2-6H3,(H,20,21). The second kappa shape index (κ2) is 8.65. The highest BCUT2D eigenvalue weighted by Gasteiger charge is 2.33. The Labute approximate surface area is 135 Å². The zero-order chi connectivity index (χ0) is 17.4. The molecule has 0 saturated carbocycles. The molecule has 0 fully saturated rings. The topological polar surface area (TPSA) is 57.6 Å². The summed E-state index contributed by atoms with van der Waals surface area (Å²) in [5.74, 6) is 4.53. The second-order valence-electron chi connectivity index (χ2n) is 6.88. The fourth-order valence-corrected chi connectivity index (χ4v) is 2.33. The maximum Gasteiger partial charge on any atom is 0.303 e. The van der Waals surface area contributed by atoms with Crippen LogP contribution in [0.15, 0.2) is 0 Å². The molecule has 1 amide bonds. The van der Waals surface area contributed by atoms with Crippen molar-refractivity contribution < 1.29 is 14.7 Å². The van der Waals surface area contributed by atoms with E-state index in [2.05, 4.69) is 51.2 Å². The number of carbonyl (C=O) groups is 2. The fraction of sp³-hybridized carbons (Fsp3) is 0.647. The Balaban J connectivity index is 4.71. The van der Waals surface area contributed by atoms with Gasteiger partial charge < -0.3 is 10.0 Å². The summed E-state index contributed by atoms with van der Waals surface area (Å²) < 4.78 is 0. The molecule has 4 nitrogen and oxygen atoms in total. The predicted molar refractivity (Wildman–Crippen MR) is 91.9 cm³/mol. The van der Waals surface area contributed by atoms with Gasteiger partial charge in [-0.25, -0.2) is 0 Å². The van der Waals surface area contributed by atoms with E-state index >= 15 is 0 Å². The van der Waals surface area contributed by atoms with Crippen LogP contribution in [0.5, 0.6) is 0 Å². The van der Waals surface area contributed by atoms with Gasteiger partial charge in [-0.15, -0.1) is 12.0 Å². The average Bonchev–Trinajstić information content (AvgIpc) is 2.35.